The van der Waals surface area contributed by atoms with E-state index in [1.807, 2.05) is 26.2 Å². The van der Waals surface area contributed by atoms with Gasteiger partial charge in [-0.3, -0.25) is 4.90 Å². The van der Waals surface area contributed by atoms with Crippen molar-refractivity contribution in [2.75, 3.05) is 34.3 Å². The number of β-amino-alcohol motifs (C(OH)–C–C–N with tert-alkyl or cyclic N) is 1. The van der Waals surface area contributed by atoms with Gasteiger partial charge in [0.2, 0.25) is 0 Å². The standard InChI is InChI=1S/C15H23N3O3/c1-17(2)9-12-7-13(19)10-18(12)8-11-5-4-6-14(16-11)15(20)21-3/h4-6,12-13,19H,7-10H2,1-3H3. The molecule has 2 rings (SSSR count). The highest BCUT2D eigenvalue weighted by Gasteiger charge is 2.31. The number of carbonyl (C=O) groups is 1. The summed E-state index contributed by atoms with van der Waals surface area (Å²) in [5, 5.41) is 9.89. The molecule has 2 heterocycles. The highest BCUT2D eigenvalue weighted by atomic mass is 16.5. The zero-order valence-electron chi connectivity index (χ0n) is 12.8. The zero-order chi connectivity index (χ0) is 15.4. The van der Waals surface area contributed by atoms with Crippen LogP contribution in [0.4, 0.5) is 0 Å². The van der Waals surface area contributed by atoms with Crippen molar-refractivity contribution in [3.8, 4) is 0 Å². The number of aliphatic hydroxyl groups excluding tert-OH is 1. The van der Waals surface area contributed by atoms with Crippen LogP contribution in [0.5, 0.6) is 0 Å². The quantitative estimate of drug-likeness (QED) is 0.791. The SMILES string of the molecule is COC(=O)c1cccc(CN2CC(O)CC2CN(C)C)n1. The summed E-state index contributed by atoms with van der Waals surface area (Å²) in [5.41, 5.74) is 1.13. The van der Waals surface area contributed by atoms with Crippen LogP contribution in [0, 0.1) is 0 Å². The van der Waals surface area contributed by atoms with Crippen LogP contribution in [-0.4, -0.2) is 72.3 Å². The molecule has 1 fully saturated rings. The summed E-state index contributed by atoms with van der Waals surface area (Å²) in [5.74, 6) is -0.428. The Balaban J connectivity index is 2.07. The Morgan fingerprint density at radius 2 is 2.29 bits per heavy atom. The summed E-state index contributed by atoms with van der Waals surface area (Å²) >= 11 is 0. The Morgan fingerprint density at radius 3 is 2.95 bits per heavy atom. The molecular formula is C15H23N3O3. The van der Waals surface area contributed by atoms with Crippen LogP contribution in [0.3, 0.4) is 0 Å². The number of likely N-dealkylation sites (tertiary alicyclic amines) is 1. The van der Waals surface area contributed by atoms with E-state index in [2.05, 4.69) is 14.8 Å². The smallest absolute Gasteiger partial charge is 0.356 e. The number of ether oxygens (including phenoxy) is 1. The number of rotatable bonds is 5. The molecule has 6 heteroatoms. The third-order valence-corrected chi connectivity index (χ3v) is 3.65. The number of hydrogen-bond donors (Lipinski definition) is 1. The predicted molar refractivity (Wildman–Crippen MR) is 79.0 cm³/mol. The lowest BCUT2D eigenvalue weighted by atomic mass is 10.2. The molecule has 1 aromatic heterocycles. The monoisotopic (exact) mass is 293 g/mol. The Kier molecular flexibility index (Phi) is 5.27. The van der Waals surface area contributed by atoms with Gasteiger partial charge in [0.1, 0.15) is 5.69 Å². The van der Waals surface area contributed by atoms with Crippen molar-refractivity contribution < 1.29 is 14.6 Å². The van der Waals surface area contributed by atoms with Gasteiger partial charge in [-0.2, -0.15) is 0 Å². The molecule has 0 aliphatic carbocycles. The van der Waals surface area contributed by atoms with Gasteiger partial charge in [0.05, 0.1) is 18.9 Å². The van der Waals surface area contributed by atoms with E-state index in [0.717, 1.165) is 18.7 Å². The fourth-order valence-corrected chi connectivity index (χ4v) is 2.76. The van der Waals surface area contributed by atoms with Gasteiger partial charge in [0.15, 0.2) is 0 Å². The molecule has 21 heavy (non-hydrogen) atoms. The molecule has 0 radical (unpaired) electrons. The first-order valence-electron chi connectivity index (χ1n) is 7.10. The number of pyridine rings is 1. The predicted octanol–water partition coefficient (Wildman–Crippen LogP) is 0.365. The third kappa shape index (κ3) is 4.23. The van der Waals surface area contributed by atoms with E-state index in [9.17, 15) is 9.90 Å². The molecule has 1 aliphatic heterocycles. The summed E-state index contributed by atoms with van der Waals surface area (Å²) in [6, 6.07) is 5.65. The zero-order valence-corrected chi connectivity index (χ0v) is 12.8. The molecule has 2 unspecified atom stereocenters. The average Bonchev–Trinajstić information content (AvgIpc) is 2.77. The maximum atomic E-state index is 11.5. The highest BCUT2D eigenvalue weighted by molar-refractivity contribution is 5.87. The summed E-state index contributed by atoms with van der Waals surface area (Å²) in [4.78, 5) is 20.2. The van der Waals surface area contributed by atoms with E-state index in [4.69, 9.17) is 4.74 Å². The van der Waals surface area contributed by atoms with Gasteiger partial charge in [-0.05, 0) is 32.6 Å². The van der Waals surface area contributed by atoms with Gasteiger partial charge in [-0.1, -0.05) is 6.07 Å². The van der Waals surface area contributed by atoms with E-state index in [-0.39, 0.29) is 6.10 Å². The van der Waals surface area contributed by atoms with Gasteiger partial charge in [-0.15, -0.1) is 0 Å². The van der Waals surface area contributed by atoms with Crippen molar-refractivity contribution >= 4 is 5.97 Å². The van der Waals surface area contributed by atoms with Gasteiger partial charge in [0, 0.05) is 25.7 Å². The van der Waals surface area contributed by atoms with Crippen molar-refractivity contribution in [1.82, 2.24) is 14.8 Å². The molecule has 1 aliphatic rings. The number of hydrogen-bond acceptors (Lipinski definition) is 6. The Bertz CT molecular complexity index is 493. The second-order valence-electron chi connectivity index (χ2n) is 5.74. The van der Waals surface area contributed by atoms with Gasteiger partial charge >= 0.3 is 5.97 Å². The number of esters is 1. The number of nitrogens with zero attached hydrogens (tertiary/aromatic N) is 3. The van der Waals surface area contributed by atoms with E-state index in [1.165, 1.54) is 7.11 Å². The average molecular weight is 293 g/mol. The Hall–Kier alpha value is -1.50. The maximum Gasteiger partial charge on any atom is 0.356 e. The highest BCUT2D eigenvalue weighted by Crippen LogP contribution is 2.20. The molecule has 116 valence electrons. The van der Waals surface area contributed by atoms with Crippen molar-refractivity contribution in [1.29, 1.82) is 0 Å². The van der Waals surface area contributed by atoms with E-state index >= 15 is 0 Å². The summed E-state index contributed by atoms with van der Waals surface area (Å²) < 4.78 is 4.69. The van der Waals surface area contributed by atoms with E-state index < -0.39 is 5.97 Å². The molecule has 0 saturated carbocycles. The summed E-state index contributed by atoms with van der Waals surface area (Å²) in [6.45, 7) is 2.16. The largest absolute Gasteiger partial charge is 0.464 e. The van der Waals surface area contributed by atoms with Gasteiger partial charge < -0.3 is 14.7 Å². The minimum Gasteiger partial charge on any atom is -0.464 e. The topological polar surface area (TPSA) is 65.9 Å². The van der Waals surface area contributed by atoms with Crippen LogP contribution in [0.1, 0.15) is 22.6 Å². The molecule has 1 aromatic rings. The fraction of sp³-hybridized carbons (Fsp3) is 0.600. The first kappa shape index (κ1) is 15.9. The van der Waals surface area contributed by atoms with Crippen LogP contribution in [0.2, 0.25) is 0 Å². The number of aliphatic hydroxyl groups is 1. The molecular weight excluding hydrogens is 270 g/mol. The van der Waals surface area contributed by atoms with Crippen molar-refractivity contribution in [3.63, 3.8) is 0 Å². The molecule has 6 nitrogen and oxygen atoms in total. The van der Waals surface area contributed by atoms with Crippen LogP contribution in [0.25, 0.3) is 0 Å². The molecule has 1 saturated heterocycles. The van der Waals surface area contributed by atoms with Gasteiger partial charge in [-0.25, -0.2) is 9.78 Å². The normalized spacial score (nSPS) is 22.7. The molecule has 0 amide bonds. The van der Waals surface area contributed by atoms with Crippen LogP contribution in [0.15, 0.2) is 18.2 Å². The lowest BCUT2D eigenvalue weighted by molar-refractivity contribution is 0.0593. The first-order chi connectivity index (χ1) is 9.99. The maximum absolute atomic E-state index is 11.5. The van der Waals surface area contributed by atoms with Crippen molar-refractivity contribution in [2.24, 2.45) is 0 Å². The van der Waals surface area contributed by atoms with Gasteiger partial charge in [0.25, 0.3) is 0 Å². The third-order valence-electron chi connectivity index (χ3n) is 3.65. The minimum atomic E-state index is -0.428. The fourth-order valence-electron chi connectivity index (χ4n) is 2.76. The van der Waals surface area contributed by atoms with Crippen LogP contribution in [-0.2, 0) is 11.3 Å². The number of likely N-dealkylation sites (N-methyl/N-ethyl adjacent to an activating group) is 1. The van der Waals surface area contributed by atoms with Crippen molar-refractivity contribution in [2.45, 2.75) is 25.1 Å². The second-order valence-corrected chi connectivity index (χ2v) is 5.74. The van der Waals surface area contributed by atoms with Crippen molar-refractivity contribution in [3.05, 3.63) is 29.6 Å². The number of methoxy groups -OCH3 is 1. The number of carbonyl (C=O) groups excluding carboxylic acids is 1. The summed E-state index contributed by atoms with van der Waals surface area (Å²) in [6.07, 6.45) is 0.480. The summed E-state index contributed by atoms with van der Waals surface area (Å²) in [7, 11) is 5.40. The molecule has 0 bridgehead atoms. The van der Waals surface area contributed by atoms with Crippen LogP contribution >= 0.6 is 0 Å². The lowest BCUT2D eigenvalue weighted by Gasteiger charge is -2.26. The molecule has 2 atom stereocenters. The molecule has 0 aromatic carbocycles. The Morgan fingerprint density at radius 1 is 1.52 bits per heavy atom. The number of aromatic nitrogens is 1. The molecule has 1 N–H and O–H groups in total. The molecule has 0 spiro atoms. The second kappa shape index (κ2) is 6.98. The van der Waals surface area contributed by atoms with E-state index in [1.54, 1.807) is 6.07 Å². The minimum absolute atomic E-state index is 0.293. The first-order valence-corrected chi connectivity index (χ1v) is 7.10. The lowest BCUT2D eigenvalue weighted by Crippen LogP contribution is -2.37. The van der Waals surface area contributed by atoms with E-state index in [0.29, 0.717) is 24.8 Å². The Labute approximate surface area is 125 Å². The van der Waals surface area contributed by atoms with Crippen LogP contribution < -0.4 is 0 Å².